The van der Waals surface area contributed by atoms with E-state index < -0.39 is 11.8 Å². The van der Waals surface area contributed by atoms with E-state index in [4.69, 9.17) is 5.73 Å². The predicted octanol–water partition coefficient (Wildman–Crippen LogP) is 3.65. The number of benzene rings is 1. The summed E-state index contributed by atoms with van der Waals surface area (Å²) in [7, 11) is 1.82. The Kier molecular flexibility index (Phi) is 8.93. The lowest BCUT2D eigenvalue weighted by Gasteiger charge is -2.25. The number of rotatable bonds is 5. The second-order valence-corrected chi connectivity index (χ2v) is 9.09. The molecule has 9 nitrogen and oxygen atoms in total. The van der Waals surface area contributed by atoms with E-state index in [1.54, 1.807) is 17.1 Å². The van der Waals surface area contributed by atoms with Gasteiger partial charge in [-0.1, -0.05) is 12.1 Å². The van der Waals surface area contributed by atoms with E-state index in [-0.39, 0.29) is 33.3 Å². The van der Waals surface area contributed by atoms with Gasteiger partial charge in [-0.05, 0) is 43.5 Å². The molecule has 37 heavy (non-hydrogen) atoms. The number of primary amides is 1. The van der Waals surface area contributed by atoms with Crippen molar-refractivity contribution in [1.82, 2.24) is 14.8 Å². The minimum atomic E-state index is -2.69. The summed E-state index contributed by atoms with van der Waals surface area (Å²) in [5, 5.41) is 7.18. The number of anilines is 2. The van der Waals surface area contributed by atoms with Gasteiger partial charge in [-0.2, -0.15) is 5.10 Å². The molecule has 3 heterocycles. The van der Waals surface area contributed by atoms with Crippen molar-refractivity contribution in [1.29, 1.82) is 0 Å². The fourth-order valence-corrected chi connectivity index (χ4v) is 4.14. The van der Waals surface area contributed by atoms with Crippen molar-refractivity contribution in [3.8, 4) is 11.1 Å². The second kappa shape index (κ2) is 11.9. The van der Waals surface area contributed by atoms with Gasteiger partial charge in [0.1, 0.15) is 5.82 Å². The molecule has 2 aromatic heterocycles. The molecular formula is C26H35F2N7O2. The molecule has 3 aromatic rings. The Hall–Kier alpha value is -3.86. The summed E-state index contributed by atoms with van der Waals surface area (Å²) in [6, 6.07) is 7.54. The molecule has 5 N–H and O–H groups in total. The number of aromatic nitrogens is 3. The third-order valence-electron chi connectivity index (χ3n) is 6.06. The zero-order chi connectivity index (χ0) is 27.2. The number of halogens is 2. The number of carbonyl (C=O) groups is 2. The van der Waals surface area contributed by atoms with Gasteiger partial charge in [-0.25, -0.2) is 13.8 Å². The molecule has 1 aliphatic heterocycles. The van der Waals surface area contributed by atoms with Gasteiger partial charge in [0, 0.05) is 63.6 Å². The molecule has 0 unspecified atom stereocenters. The van der Waals surface area contributed by atoms with Crippen LogP contribution in [0.15, 0.2) is 42.9 Å². The SMILES string of the molecule is Cc1cccc(NC(=O)c2c(N3CCCC(F)(F)CC3)ncc(-c3cnn(C)c3)c2C)c1.NCC(N)=O.[HH]. The van der Waals surface area contributed by atoms with Crippen LogP contribution < -0.4 is 21.7 Å². The fourth-order valence-electron chi connectivity index (χ4n) is 4.14. The Morgan fingerprint density at radius 3 is 2.54 bits per heavy atom. The summed E-state index contributed by atoms with van der Waals surface area (Å²) >= 11 is 0. The van der Waals surface area contributed by atoms with Crippen molar-refractivity contribution in [2.75, 3.05) is 29.9 Å². The number of aryl methyl sites for hydroxylation is 2. The van der Waals surface area contributed by atoms with E-state index in [1.807, 2.05) is 56.3 Å². The normalized spacial score (nSPS) is 14.8. The van der Waals surface area contributed by atoms with E-state index in [0.29, 0.717) is 30.0 Å². The maximum absolute atomic E-state index is 14.0. The Morgan fingerprint density at radius 1 is 1.19 bits per heavy atom. The molecular weight excluding hydrogens is 480 g/mol. The molecule has 0 bridgehead atoms. The highest BCUT2D eigenvalue weighted by atomic mass is 19.3. The van der Waals surface area contributed by atoms with Gasteiger partial charge in [-0.3, -0.25) is 14.3 Å². The van der Waals surface area contributed by atoms with Crippen LogP contribution in [0.4, 0.5) is 20.3 Å². The van der Waals surface area contributed by atoms with E-state index >= 15 is 0 Å². The predicted molar refractivity (Wildman–Crippen MR) is 142 cm³/mol. The van der Waals surface area contributed by atoms with Crippen LogP contribution in [0, 0.1) is 13.8 Å². The standard InChI is InChI=1S/C24H27F2N5O.C2H6N2O.H2/c1-16-6-4-7-19(12-16)29-23(32)21-17(2)20(18-13-28-30(3)15-18)14-27-22(21)31-10-5-8-24(25,26)9-11-31;3-1-2(4)5;/h4,6-7,12-15H,5,8-11H2,1-3H3,(H,29,32);1,3H2,(H2,4,5);1H. The van der Waals surface area contributed by atoms with E-state index in [0.717, 1.165) is 22.3 Å². The topological polar surface area (TPSA) is 132 Å². The maximum atomic E-state index is 14.0. The molecule has 4 rings (SSSR count). The zero-order valence-corrected chi connectivity index (χ0v) is 21.3. The maximum Gasteiger partial charge on any atom is 0.259 e. The first-order valence-corrected chi connectivity index (χ1v) is 12.0. The average molecular weight is 516 g/mol. The molecule has 0 saturated carbocycles. The molecule has 2 amide bonds. The van der Waals surface area contributed by atoms with Crippen LogP contribution in [0.3, 0.4) is 0 Å². The summed E-state index contributed by atoms with van der Waals surface area (Å²) in [6.07, 6.45) is 5.22. The van der Waals surface area contributed by atoms with Crippen LogP contribution in [-0.2, 0) is 11.8 Å². The number of alkyl halides is 2. The average Bonchev–Trinajstić information content (AvgIpc) is 3.18. The van der Waals surface area contributed by atoms with Gasteiger partial charge in [0.2, 0.25) is 11.8 Å². The third-order valence-corrected chi connectivity index (χ3v) is 6.06. The number of carbonyl (C=O) groups excluding carboxylic acids is 2. The van der Waals surface area contributed by atoms with Crippen molar-refractivity contribution >= 4 is 23.3 Å². The van der Waals surface area contributed by atoms with E-state index in [2.05, 4.69) is 21.1 Å². The zero-order valence-electron chi connectivity index (χ0n) is 21.3. The van der Waals surface area contributed by atoms with Crippen molar-refractivity contribution in [3.05, 3.63) is 59.5 Å². The lowest BCUT2D eigenvalue weighted by atomic mass is 9.99. The Morgan fingerprint density at radius 2 is 1.92 bits per heavy atom. The second-order valence-electron chi connectivity index (χ2n) is 9.09. The molecule has 0 spiro atoms. The minimum absolute atomic E-state index is 0. The number of nitrogens with two attached hydrogens (primary N) is 2. The first-order valence-electron chi connectivity index (χ1n) is 12.0. The largest absolute Gasteiger partial charge is 0.369 e. The molecule has 11 heteroatoms. The van der Waals surface area contributed by atoms with Crippen molar-refractivity contribution in [3.63, 3.8) is 0 Å². The molecule has 1 aromatic carbocycles. The molecule has 1 fully saturated rings. The molecule has 0 radical (unpaired) electrons. The quantitative estimate of drug-likeness (QED) is 0.475. The summed E-state index contributed by atoms with van der Waals surface area (Å²) in [5.41, 5.74) is 13.7. The highest BCUT2D eigenvalue weighted by Crippen LogP contribution is 2.34. The number of amides is 2. The van der Waals surface area contributed by atoms with Crippen molar-refractivity contribution < 1.29 is 19.8 Å². The van der Waals surface area contributed by atoms with Gasteiger partial charge in [-0.15, -0.1) is 0 Å². The van der Waals surface area contributed by atoms with Gasteiger partial charge in [0.05, 0.1) is 18.3 Å². The van der Waals surface area contributed by atoms with Gasteiger partial charge < -0.3 is 21.7 Å². The fraction of sp³-hybridized carbons (Fsp3) is 0.385. The van der Waals surface area contributed by atoms with Crippen LogP contribution >= 0.6 is 0 Å². The Labute approximate surface area is 216 Å². The van der Waals surface area contributed by atoms with Crippen molar-refractivity contribution in [2.24, 2.45) is 18.5 Å². The van der Waals surface area contributed by atoms with Crippen LogP contribution in [0.2, 0.25) is 0 Å². The van der Waals surface area contributed by atoms with Crippen LogP contribution in [0.25, 0.3) is 11.1 Å². The summed E-state index contributed by atoms with van der Waals surface area (Å²) in [6.45, 7) is 4.34. The number of hydrogen-bond acceptors (Lipinski definition) is 6. The number of pyridine rings is 1. The third kappa shape index (κ3) is 7.32. The van der Waals surface area contributed by atoms with E-state index in [1.165, 1.54) is 0 Å². The molecule has 200 valence electrons. The van der Waals surface area contributed by atoms with Gasteiger partial charge in [0.25, 0.3) is 5.91 Å². The van der Waals surface area contributed by atoms with Crippen LogP contribution in [0.5, 0.6) is 0 Å². The lowest BCUT2D eigenvalue weighted by Crippen LogP contribution is -2.30. The highest BCUT2D eigenvalue weighted by Gasteiger charge is 2.33. The summed E-state index contributed by atoms with van der Waals surface area (Å²) in [5.74, 6) is -3.02. The molecule has 1 aliphatic rings. The van der Waals surface area contributed by atoms with Crippen LogP contribution in [0.1, 0.15) is 42.2 Å². The van der Waals surface area contributed by atoms with Crippen molar-refractivity contribution in [2.45, 2.75) is 39.0 Å². The van der Waals surface area contributed by atoms with Gasteiger partial charge in [0.15, 0.2) is 0 Å². The van der Waals surface area contributed by atoms with Gasteiger partial charge >= 0.3 is 0 Å². The smallest absolute Gasteiger partial charge is 0.259 e. The summed E-state index contributed by atoms with van der Waals surface area (Å²) in [4.78, 5) is 29.3. The minimum Gasteiger partial charge on any atom is -0.369 e. The Bertz CT molecular complexity index is 1270. The molecule has 0 aliphatic carbocycles. The van der Waals surface area contributed by atoms with Crippen LogP contribution in [-0.4, -0.2) is 52.1 Å². The van der Waals surface area contributed by atoms with E-state index in [9.17, 15) is 18.4 Å². The number of hydrogen-bond donors (Lipinski definition) is 3. The molecule has 1 saturated heterocycles. The Balaban J connectivity index is 0.000000774. The summed E-state index contributed by atoms with van der Waals surface area (Å²) < 4.78 is 29.6. The number of nitrogens with zero attached hydrogens (tertiary/aromatic N) is 4. The monoisotopic (exact) mass is 515 g/mol. The number of nitrogens with one attached hydrogen (secondary N) is 1. The first kappa shape index (κ1) is 27.7. The highest BCUT2D eigenvalue weighted by molar-refractivity contribution is 6.09. The lowest BCUT2D eigenvalue weighted by molar-refractivity contribution is -0.116. The molecule has 0 atom stereocenters. The first-order chi connectivity index (χ1) is 17.5.